The minimum Gasteiger partial charge on any atom is -0.494 e. The summed E-state index contributed by atoms with van der Waals surface area (Å²) in [6, 6.07) is 16.0. The molecule has 154 valence electrons. The zero-order chi connectivity index (χ0) is 21.5. The van der Waals surface area contributed by atoms with Crippen molar-refractivity contribution in [2.75, 3.05) is 11.8 Å². The molecule has 0 unspecified atom stereocenters. The number of anilines is 1. The van der Waals surface area contributed by atoms with Crippen molar-refractivity contribution in [2.24, 2.45) is 0 Å². The van der Waals surface area contributed by atoms with Gasteiger partial charge in [0.2, 0.25) is 0 Å². The van der Waals surface area contributed by atoms with Crippen LogP contribution in [0.3, 0.4) is 0 Å². The smallest absolute Gasteiger partial charge is 0.263 e. The van der Waals surface area contributed by atoms with Gasteiger partial charge in [-0.15, -0.1) is 0 Å². The third kappa shape index (κ3) is 3.61. The van der Waals surface area contributed by atoms with Crippen LogP contribution in [0.4, 0.5) is 5.82 Å². The van der Waals surface area contributed by atoms with E-state index in [0.717, 1.165) is 16.5 Å². The maximum Gasteiger partial charge on any atom is 0.263 e. The van der Waals surface area contributed by atoms with E-state index >= 15 is 0 Å². The quantitative estimate of drug-likeness (QED) is 0.522. The maximum atomic E-state index is 12.9. The molecule has 0 atom stereocenters. The van der Waals surface area contributed by atoms with Gasteiger partial charge in [0.25, 0.3) is 10.0 Å². The van der Waals surface area contributed by atoms with Crippen molar-refractivity contribution in [3.63, 3.8) is 0 Å². The molecule has 4 aromatic rings. The molecular formula is C22H22N4O3S. The number of aromatic nitrogens is 3. The number of pyridine rings is 1. The van der Waals surface area contributed by atoms with E-state index in [1.54, 1.807) is 44.4 Å². The van der Waals surface area contributed by atoms with Gasteiger partial charge in [-0.05, 0) is 50.6 Å². The van der Waals surface area contributed by atoms with E-state index in [-0.39, 0.29) is 4.90 Å². The summed E-state index contributed by atoms with van der Waals surface area (Å²) in [5.74, 6) is 1.46. The number of rotatable bonds is 5. The summed E-state index contributed by atoms with van der Waals surface area (Å²) in [6.07, 6.45) is 0. The molecular weight excluding hydrogens is 400 g/mol. The lowest BCUT2D eigenvalue weighted by atomic mass is 10.1. The van der Waals surface area contributed by atoms with Crippen molar-refractivity contribution in [3.8, 4) is 11.6 Å². The number of nitrogens with one attached hydrogen (secondary N) is 1. The van der Waals surface area contributed by atoms with E-state index in [1.165, 1.54) is 4.68 Å². The Balaban J connectivity index is 1.82. The Morgan fingerprint density at radius 1 is 1.00 bits per heavy atom. The molecule has 2 heterocycles. The second-order valence-electron chi connectivity index (χ2n) is 7.16. The number of benzene rings is 2. The van der Waals surface area contributed by atoms with Gasteiger partial charge >= 0.3 is 0 Å². The predicted octanol–water partition coefficient (Wildman–Crippen LogP) is 4.16. The van der Waals surface area contributed by atoms with Crippen molar-refractivity contribution in [3.05, 3.63) is 71.4 Å². The fourth-order valence-electron chi connectivity index (χ4n) is 3.31. The molecule has 8 heteroatoms. The van der Waals surface area contributed by atoms with Crippen LogP contribution < -0.4 is 9.46 Å². The molecule has 0 bridgehead atoms. The van der Waals surface area contributed by atoms with Gasteiger partial charge < -0.3 is 4.74 Å². The molecule has 0 saturated carbocycles. The minimum atomic E-state index is -3.78. The van der Waals surface area contributed by atoms with Crippen LogP contribution in [0.15, 0.2) is 59.5 Å². The summed E-state index contributed by atoms with van der Waals surface area (Å²) in [7, 11) is -2.18. The van der Waals surface area contributed by atoms with Crippen LogP contribution in [0.2, 0.25) is 0 Å². The number of nitrogens with zero attached hydrogens (tertiary/aromatic N) is 3. The van der Waals surface area contributed by atoms with Crippen molar-refractivity contribution in [2.45, 2.75) is 25.7 Å². The van der Waals surface area contributed by atoms with Crippen LogP contribution in [-0.2, 0) is 10.0 Å². The third-order valence-electron chi connectivity index (χ3n) is 4.83. The lowest BCUT2D eigenvalue weighted by Gasteiger charge is -2.13. The molecule has 0 radical (unpaired) electrons. The second kappa shape index (κ2) is 7.46. The number of para-hydroxylation sites is 1. The summed E-state index contributed by atoms with van der Waals surface area (Å²) in [6.45, 7) is 5.68. The average molecular weight is 423 g/mol. The van der Waals surface area contributed by atoms with E-state index in [9.17, 15) is 8.42 Å². The van der Waals surface area contributed by atoms with E-state index in [0.29, 0.717) is 28.6 Å². The molecule has 0 fully saturated rings. The van der Waals surface area contributed by atoms with E-state index in [2.05, 4.69) is 9.82 Å². The first-order valence-corrected chi connectivity index (χ1v) is 10.9. The highest BCUT2D eigenvalue weighted by atomic mass is 32.2. The Labute approximate surface area is 175 Å². The summed E-state index contributed by atoms with van der Waals surface area (Å²) in [5.41, 5.74) is 3.32. The minimum absolute atomic E-state index is 0.183. The van der Waals surface area contributed by atoms with Crippen LogP contribution >= 0.6 is 0 Å². The van der Waals surface area contributed by atoms with E-state index in [1.807, 2.05) is 38.1 Å². The molecule has 7 nitrogen and oxygen atoms in total. The predicted molar refractivity (Wildman–Crippen MR) is 117 cm³/mol. The molecule has 1 N–H and O–H groups in total. The molecule has 0 saturated heterocycles. The number of ether oxygens (including phenoxy) is 1. The highest BCUT2D eigenvalue weighted by Crippen LogP contribution is 2.29. The monoisotopic (exact) mass is 422 g/mol. The van der Waals surface area contributed by atoms with Gasteiger partial charge in [0.05, 0.1) is 17.7 Å². The zero-order valence-electron chi connectivity index (χ0n) is 17.2. The Bertz CT molecular complexity index is 1340. The number of sulfonamides is 1. The first kappa shape index (κ1) is 19.9. The molecule has 2 aromatic heterocycles. The summed E-state index contributed by atoms with van der Waals surface area (Å²) in [4.78, 5) is 4.89. The van der Waals surface area contributed by atoms with Gasteiger partial charge in [0, 0.05) is 11.5 Å². The van der Waals surface area contributed by atoms with Gasteiger partial charge in [-0.1, -0.05) is 29.8 Å². The number of fused-ring (bicyclic) bond motifs is 1. The highest BCUT2D eigenvalue weighted by molar-refractivity contribution is 7.92. The topological polar surface area (TPSA) is 86.1 Å². The molecule has 0 aliphatic carbocycles. The maximum absolute atomic E-state index is 12.9. The lowest BCUT2D eigenvalue weighted by Crippen LogP contribution is -2.16. The van der Waals surface area contributed by atoms with Crippen molar-refractivity contribution >= 4 is 26.7 Å². The Hall–Kier alpha value is -3.39. The number of hydrogen-bond donors (Lipinski definition) is 1. The standard InChI is InChI=1S/C22H22N4O3S/c1-14-8-10-17(11-9-14)30(27,28)25-21-13-16(3)24-26(21)20-12-15(2)18-6-5-7-19(29-4)22(18)23-20/h5-13,25H,1-4H3. The van der Waals surface area contributed by atoms with Crippen molar-refractivity contribution in [1.82, 2.24) is 14.8 Å². The van der Waals surface area contributed by atoms with Crippen LogP contribution in [0.5, 0.6) is 5.75 Å². The number of methoxy groups -OCH3 is 1. The Morgan fingerprint density at radius 2 is 1.73 bits per heavy atom. The molecule has 30 heavy (non-hydrogen) atoms. The fourth-order valence-corrected chi connectivity index (χ4v) is 4.34. The van der Waals surface area contributed by atoms with Crippen LogP contribution in [0.25, 0.3) is 16.7 Å². The highest BCUT2D eigenvalue weighted by Gasteiger charge is 2.19. The SMILES string of the molecule is COc1cccc2c(C)cc(-n3nc(C)cc3NS(=O)(=O)c3ccc(C)cc3)nc12. The fraction of sp³-hybridized carbons (Fsp3) is 0.182. The average Bonchev–Trinajstić information content (AvgIpc) is 3.07. The largest absolute Gasteiger partial charge is 0.494 e. The third-order valence-corrected chi connectivity index (χ3v) is 6.21. The van der Waals surface area contributed by atoms with Gasteiger partial charge in [-0.3, -0.25) is 4.72 Å². The summed E-state index contributed by atoms with van der Waals surface area (Å²) in [5, 5.41) is 5.42. The molecule has 0 amide bonds. The van der Waals surface area contributed by atoms with Crippen molar-refractivity contribution < 1.29 is 13.2 Å². The molecule has 4 rings (SSSR count). The Kier molecular flexibility index (Phi) is 4.95. The van der Waals surface area contributed by atoms with Crippen LogP contribution in [0.1, 0.15) is 16.8 Å². The van der Waals surface area contributed by atoms with Crippen LogP contribution in [0, 0.1) is 20.8 Å². The van der Waals surface area contributed by atoms with Gasteiger partial charge in [-0.25, -0.2) is 13.4 Å². The first-order chi connectivity index (χ1) is 14.3. The van der Waals surface area contributed by atoms with Crippen LogP contribution in [-0.4, -0.2) is 30.3 Å². The van der Waals surface area contributed by atoms with E-state index < -0.39 is 10.0 Å². The van der Waals surface area contributed by atoms with Gasteiger partial charge in [-0.2, -0.15) is 9.78 Å². The summed E-state index contributed by atoms with van der Waals surface area (Å²) < 4.78 is 35.4. The molecule has 0 aliphatic heterocycles. The summed E-state index contributed by atoms with van der Waals surface area (Å²) >= 11 is 0. The Morgan fingerprint density at radius 3 is 2.43 bits per heavy atom. The zero-order valence-corrected chi connectivity index (χ0v) is 18.0. The van der Waals surface area contributed by atoms with E-state index in [4.69, 9.17) is 9.72 Å². The number of hydrogen-bond acceptors (Lipinski definition) is 5. The van der Waals surface area contributed by atoms with Gasteiger partial charge in [0.15, 0.2) is 5.82 Å². The first-order valence-electron chi connectivity index (χ1n) is 9.39. The van der Waals surface area contributed by atoms with Gasteiger partial charge in [0.1, 0.15) is 17.1 Å². The molecule has 2 aromatic carbocycles. The number of aryl methyl sites for hydroxylation is 3. The molecule has 0 spiro atoms. The normalized spacial score (nSPS) is 11.6. The van der Waals surface area contributed by atoms with Crippen molar-refractivity contribution in [1.29, 1.82) is 0 Å². The molecule has 0 aliphatic rings. The second-order valence-corrected chi connectivity index (χ2v) is 8.84. The lowest BCUT2D eigenvalue weighted by molar-refractivity contribution is 0.419.